The van der Waals surface area contributed by atoms with Gasteiger partial charge in [0.15, 0.2) is 15.4 Å². The van der Waals surface area contributed by atoms with Gasteiger partial charge in [0.1, 0.15) is 0 Å². The van der Waals surface area contributed by atoms with Crippen molar-refractivity contribution in [3.05, 3.63) is 22.1 Å². The van der Waals surface area contributed by atoms with Crippen molar-refractivity contribution in [1.29, 1.82) is 0 Å². The minimum absolute atomic E-state index is 0.591. The van der Waals surface area contributed by atoms with Gasteiger partial charge in [-0.15, -0.1) is 10.2 Å². The summed E-state index contributed by atoms with van der Waals surface area (Å²) in [5, 5.41) is 11.8. The van der Waals surface area contributed by atoms with Gasteiger partial charge in [-0.1, -0.05) is 11.3 Å². The van der Waals surface area contributed by atoms with Crippen molar-refractivity contribution in [3.63, 3.8) is 0 Å². The molecule has 1 aromatic carbocycles. The van der Waals surface area contributed by atoms with Gasteiger partial charge >= 0.3 is 0 Å². The maximum Gasteiger partial charge on any atom is 0.210 e. The molecule has 0 fully saturated rings. The number of rotatable bonds is 6. The van der Waals surface area contributed by atoms with E-state index in [9.17, 15) is 0 Å². The first-order chi connectivity index (χ1) is 9.22. The molecule has 0 radical (unpaired) electrons. The highest BCUT2D eigenvalue weighted by Crippen LogP contribution is 2.32. The summed E-state index contributed by atoms with van der Waals surface area (Å²) in [6.07, 6.45) is 0. The van der Waals surface area contributed by atoms with E-state index >= 15 is 0 Å². The minimum Gasteiger partial charge on any atom is -0.490 e. The van der Waals surface area contributed by atoms with Gasteiger partial charge in [-0.2, -0.15) is 0 Å². The summed E-state index contributed by atoms with van der Waals surface area (Å²) in [5.41, 5.74) is 0.885. The van der Waals surface area contributed by atoms with E-state index in [1.54, 1.807) is 0 Å². The molecular weight excluding hydrogens is 330 g/mol. The van der Waals surface area contributed by atoms with Gasteiger partial charge < -0.3 is 14.8 Å². The lowest BCUT2D eigenvalue weighted by atomic mass is 10.3. The molecule has 0 atom stereocenters. The molecule has 0 amide bonds. The molecule has 0 bridgehead atoms. The molecule has 0 saturated carbocycles. The molecule has 19 heavy (non-hydrogen) atoms. The Bertz CT molecular complexity index is 548. The van der Waals surface area contributed by atoms with E-state index in [4.69, 9.17) is 9.47 Å². The van der Waals surface area contributed by atoms with Crippen molar-refractivity contribution >= 4 is 38.1 Å². The number of nitrogens with zero attached hydrogens (tertiary/aromatic N) is 2. The highest BCUT2D eigenvalue weighted by Gasteiger charge is 2.08. The third-order valence-electron chi connectivity index (χ3n) is 2.20. The van der Waals surface area contributed by atoms with Gasteiger partial charge in [-0.3, -0.25) is 0 Å². The molecule has 2 rings (SSSR count). The van der Waals surface area contributed by atoms with Crippen LogP contribution in [-0.4, -0.2) is 23.4 Å². The van der Waals surface area contributed by atoms with E-state index in [1.165, 1.54) is 11.3 Å². The normalized spacial score (nSPS) is 10.3. The smallest absolute Gasteiger partial charge is 0.210 e. The second kappa shape index (κ2) is 6.72. The van der Waals surface area contributed by atoms with E-state index in [1.807, 2.05) is 32.0 Å². The second-order valence-corrected chi connectivity index (χ2v) is 5.77. The fraction of sp³-hybridized carbons (Fsp3) is 0.333. The Hall–Kier alpha value is -1.34. The molecule has 0 spiro atoms. The summed E-state index contributed by atoms with van der Waals surface area (Å²) >= 11 is 4.70. The molecule has 1 N–H and O–H groups in total. The maximum absolute atomic E-state index is 5.57. The average Bonchev–Trinajstić information content (AvgIpc) is 2.79. The van der Waals surface area contributed by atoms with Crippen LogP contribution in [0.15, 0.2) is 22.1 Å². The summed E-state index contributed by atoms with van der Waals surface area (Å²) in [6, 6.07) is 5.69. The number of anilines is 2. The predicted octanol–water partition coefficient (Wildman–Crippen LogP) is 3.84. The largest absolute Gasteiger partial charge is 0.490 e. The number of nitrogens with one attached hydrogen (secondary N) is 1. The van der Waals surface area contributed by atoms with Crippen LogP contribution in [0.1, 0.15) is 13.8 Å². The van der Waals surface area contributed by atoms with E-state index < -0.39 is 0 Å². The number of hydrogen-bond acceptors (Lipinski definition) is 6. The van der Waals surface area contributed by atoms with Gasteiger partial charge in [0.2, 0.25) is 5.13 Å². The summed E-state index contributed by atoms with van der Waals surface area (Å²) in [4.78, 5) is 0. The Morgan fingerprint density at radius 3 is 2.53 bits per heavy atom. The standard InChI is InChI=1S/C12H14BrN3O2S/c1-3-17-9-6-5-8(7-10(9)18-4-2)14-12-16-15-11(13)19-12/h5-7H,3-4H2,1-2H3,(H,14,16). The molecule has 0 unspecified atom stereocenters. The summed E-state index contributed by atoms with van der Waals surface area (Å²) in [7, 11) is 0. The Labute approximate surface area is 124 Å². The van der Waals surface area contributed by atoms with Crippen molar-refractivity contribution in [2.75, 3.05) is 18.5 Å². The quantitative estimate of drug-likeness (QED) is 0.863. The van der Waals surface area contributed by atoms with Crippen molar-refractivity contribution < 1.29 is 9.47 Å². The molecule has 7 heteroatoms. The van der Waals surface area contributed by atoms with Crippen LogP contribution in [0, 0.1) is 0 Å². The zero-order valence-corrected chi connectivity index (χ0v) is 13.0. The van der Waals surface area contributed by atoms with E-state index in [2.05, 4.69) is 31.4 Å². The third-order valence-corrected chi connectivity index (χ3v) is 3.47. The lowest BCUT2D eigenvalue weighted by Crippen LogP contribution is -1.99. The molecular formula is C12H14BrN3O2S. The molecule has 2 aromatic rings. The molecule has 1 heterocycles. The van der Waals surface area contributed by atoms with Crippen LogP contribution in [0.25, 0.3) is 0 Å². The summed E-state index contributed by atoms with van der Waals surface area (Å²) in [6.45, 7) is 5.09. The Kier molecular flexibility index (Phi) is 4.98. The number of halogens is 1. The van der Waals surface area contributed by atoms with Crippen molar-refractivity contribution in [2.45, 2.75) is 13.8 Å². The van der Waals surface area contributed by atoms with Crippen LogP contribution in [0.4, 0.5) is 10.8 Å². The monoisotopic (exact) mass is 343 g/mol. The maximum atomic E-state index is 5.57. The summed E-state index contributed by atoms with van der Waals surface area (Å²) in [5.74, 6) is 1.46. The van der Waals surface area contributed by atoms with E-state index in [0.29, 0.717) is 13.2 Å². The number of hydrogen-bond donors (Lipinski definition) is 1. The van der Waals surface area contributed by atoms with Crippen LogP contribution in [0.2, 0.25) is 0 Å². The molecule has 0 aliphatic heterocycles. The van der Waals surface area contributed by atoms with Crippen LogP contribution in [0.3, 0.4) is 0 Å². The first kappa shape index (κ1) is 14.1. The van der Waals surface area contributed by atoms with Crippen molar-refractivity contribution in [1.82, 2.24) is 10.2 Å². The Balaban J connectivity index is 2.19. The van der Waals surface area contributed by atoms with Crippen LogP contribution < -0.4 is 14.8 Å². The topological polar surface area (TPSA) is 56.3 Å². The number of ether oxygens (including phenoxy) is 2. The zero-order chi connectivity index (χ0) is 13.7. The Morgan fingerprint density at radius 1 is 1.16 bits per heavy atom. The van der Waals surface area contributed by atoms with Crippen molar-refractivity contribution in [3.8, 4) is 11.5 Å². The van der Waals surface area contributed by atoms with E-state index in [-0.39, 0.29) is 0 Å². The van der Waals surface area contributed by atoms with Crippen LogP contribution >= 0.6 is 27.3 Å². The highest BCUT2D eigenvalue weighted by atomic mass is 79.9. The van der Waals surface area contributed by atoms with Crippen LogP contribution in [0.5, 0.6) is 11.5 Å². The Morgan fingerprint density at radius 2 is 1.89 bits per heavy atom. The molecule has 0 aliphatic rings. The highest BCUT2D eigenvalue weighted by molar-refractivity contribution is 9.11. The minimum atomic E-state index is 0.591. The number of aromatic nitrogens is 2. The molecule has 1 aromatic heterocycles. The SMILES string of the molecule is CCOc1ccc(Nc2nnc(Br)s2)cc1OCC. The predicted molar refractivity (Wildman–Crippen MR) is 79.7 cm³/mol. The van der Waals surface area contributed by atoms with Crippen molar-refractivity contribution in [2.24, 2.45) is 0 Å². The molecule has 0 aliphatic carbocycles. The average molecular weight is 344 g/mol. The van der Waals surface area contributed by atoms with E-state index in [0.717, 1.165) is 26.2 Å². The lowest BCUT2D eigenvalue weighted by molar-refractivity contribution is 0.288. The first-order valence-electron chi connectivity index (χ1n) is 5.88. The fourth-order valence-electron chi connectivity index (χ4n) is 1.51. The molecule has 102 valence electrons. The molecule has 5 nitrogen and oxygen atoms in total. The van der Waals surface area contributed by atoms with Gasteiger partial charge in [0, 0.05) is 11.8 Å². The fourth-order valence-corrected chi connectivity index (χ4v) is 2.54. The van der Waals surface area contributed by atoms with Gasteiger partial charge in [0.25, 0.3) is 0 Å². The van der Waals surface area contributed by atoms with Gasteiger partial charge in [0.05, 0.1) is 13.2 Å². The molecule has 0 saturated heterocycles. The first-order valence-corrected chi connectivity index (χ1v) is 7.49. The van der Waals surface area contributed by atoms with Gasteiger partial charge in [-0.05, 0) is 41.9 Å². The summed E-state index contributed by atoms with van der Waals surface area (Å²) < 4.78 is 11.8. The lowest BCUT2D eigenvalue weighted by Gasteiger charge is -2.12. The zero-order valence-electron chi connectivity index (χ0n) is 10.6. The van der Waals surface area contributed by atoms with Gasteiger partial charge in [-0.25, -0.2) is 0 Å². The third kappa shape index (κ3) is 3.81. The second-order valence-electron chi connectivity index (χ2n) is 3.51. The van der Waals surface area contributed by atoms with Crippen LogP contribution in [-0.2, 0) is 0 Å². The number of benzene rings is 1.